The molecule has 1 aromatic rings. The Morgan fingerprint density at radius 1 is 1.14 bits per heavy atom. The number of carbonyl (C=O) groups excluding carboxylic acids is 2. The number of carbonyl (C=O) groups is 2. The first-order valence-corrected chi connectivity index (χ1v) is 9.87. The van der Waals surface area contributed by atoms with Gasteiger partial charge in [0.1, 0.15) is 5.75 Å². The predicted molar refractivity (Wildman–Crippen MR) is 85.1 cm³/mol. The van der Waals surface area contributed by atoms with Crippen molar-refractivity contribution in [3.8, 4) is 5.75 Å². The Morgan fingerprint density at radius 2 is 1.71 bits per heavy atom. The summed E-state index contributed by atoms with van der Waals surface area (Å²) >= 11 is 0. The van der Waals surface area contributed by atoms with Crippen molar-refractivity contribution >= 4 is 20.3 Å². The van der Waals surface area contributed by atoms with Crippen LogP contribution in [0.1, 0.15) is 43.6 Å². The van der Waals surface area contributed by atoms with Gasteiger partial charge in [0.15, 0.2) is 0 Å². The summed E-state index contributed by atoms with van der Waals surface area (Å²) in [6, 6.07) is 4.94. The molecule has 0 spiro atoms. The fraction of sp³-hybridized carbons (Fsp3) is 0.500. The number of ether oxygens (including phenoxy) is 1. The normalized spacial score (nSPS) is 12.0. The summed E-state index contributed by atoms with van der Waals surface area (Å²) in [6.45, 7) is 13.5. The minimum atomic E-state index is -2.14. The van der Waals surface area contributed by atoms with E-state index in [2.05, 4.69) is 20.8 Å². The molecule has 0 unspecified atom stereocenters. The Bertz CT molecular complexity index is 556. The maximum Gasteiger partial charge on any atom is 0.324 e. The van der Waals surface area contributed by atoms with Crippen molar-refractivity contribution in [3.05, 3.63) is 29.3 Å². The molecule has 4 nitrogen and oxygen atoms in total. The van der Waals surface area contributed by atoms with Crippen LogP contribution in [0.5, 0.6) is 5.75 Å². The van der Waals surface area contributed by atoms with E-state index in [0.717, 1.165) is 5.56 Å². The van der Waals surface area contributed by atoms with E-state index in [9.17, 15) is 9.59 Å². The third kappa shape index (κ3) is 4.42. The zero-order chi connectivity index (χ0) is 16.4. The summed E-state index contributed by atoms with van der Waals surface area (Å²) in [5.41, 5.74) is 1.21. The van der Waals surface area contributed by atoms with E-state index in [1.807, 2.05) is 13.1 Å². The van der Waals surface area contributed by atoms with E-state index >= 15 is 0 Å². The Hall–Kier alpha value is -1.62. The minimum Gasteiger partial charge on any atom is -0.516 e. The van der Waals surface area contributed by atoms with E-state index < -0.39 is 8.32 Å². The number of aryl methyl sites for hydroxylation is 1. The molecular weight excluding hydrogens is 284 g/mol. The Morgan fingerprint density at radius 3 is 2.14 bits per heavy atom. The molecule has 0 bridgehead atoms. The van der Waals surface area contributed by atoms with Crippen molar-refractivity contribution in [2.24, 2.45) is 0 Å². The lowest BCUT2D eigenvalue weighted by Gasteiger charge is -2.35. The van der Waals surface area contributed by atoms with Gasteiger partial charge in [0.05, 0.1) is 5.56 Å². The molecule has 0 fully saturated rings. The van der Waals surface area contributed by atoms with E-state index in [1.54, 1.807) is 25.1 Å². The van der Waals surface area contributed by atoms with Crippen molar-refractivity contribution in [1.29, 1.82) is 0 Å². The van der Waals surface area contributed by atoms with Crippen LogP contribution in [0.15, 0.2) is 18.2 Å². The standard InChI is InChI=1S/C16H24O4Si/c1-11-10-13(8-9-14(11)19-12(2)17)15(18)20-21(6,7)16(3,4)5/h8-10H,1-7H3. The first kappa shape index (κ1) is 17.4. The highest BCUT2D eigenvalue weighted by Crippen LogP contribution is 2.37. The second kappa shape index (κ2) is 6.01. The maximum atomic E-state index is 12.3. The van der Waals surface area contributed by atoms with Crippen LogP contribution in [0.25, 0.3) is 0 Å². The maximum absolute atomic E-state index is 12.3. The topological polar surface area (TPSA) is 52.6 Å². The smallest absolute Gasteiger partial charge is 0.324 e. The Labute approximate surface area is 127 Å². The van der Waals surface area contributed by atoms with Crippen molar-refractivity contribution in [2.45, 2.75) is 52.8 Å². The van der Waals surface area contributed by atoms with Crippen LogP contribution in [-0.4, -0.2) is 20.3 Å². The molecule has 0 aliphatic carbocycles. The van der Waals surface area contributed by atoms with Gasteiger partial charge in [-0.1, -0.05) is 20.8 Å². The second-order valence-electron chi connectivity index (χ2n) is 6.72. The van der Waals surface area contributed by atoms with E-state index in [-0.39, 0.29) is 17.0 Å². The van der Waals surface area contributed by atoms with E-state index in [4.69, 9.17) is 9.16 Å². The van der Waals surface area contributed by atoms with Gasteiger partial charge in [0.25, 0.3) is 8.32 Å². The fourth-order valence-electron chi connectivity index (χ4n) is 1.49. The summed E-state index contributed by atoms with van der Waals surface area (Å²) < 4.78 is 10.8. The van der Waals surface area contributed by atoms with Gasteiger partial charge < -0.3 is 9.16 Å². The molecule has 1 rings (SSSR count). The van der Waals surface area contributed by atoms with Gasteiger partial charge in [-0.25, -0.2) is 4.79 Å². The molecule has 1 aromatic carbocycles. The largest absolute Gasteiger partial charge is 0.516 e. The monoisotopic (exact) mass is 308 g/mol. The predicted octanol–water partition coefficient (Wildman–Crippen LogP) is 4.08. The van der Waals surface area contributed by atoms with Gasteiger partial charge in [0, 0.05) is 6.92 Å². The van der Waals surface area contributed by atoms with Gasteiger partial charge in [-0.15, -0.1) is 0 Å². The molecule has 0 atom stereocenters. The molecule has 0 aromatic heterocycles. The van der Waals surface area contributed by atoms with Gasteiger partial charge in [0.2, 0.25) is 0 Å². The van der Waals surface area contributed by atoms with Crippen LogP contribution >= 0.6 is 0 Å². The number of benzene rings is 1. The lowest BCUT2D eigenvalue weighted by atomic mass is 10.1. The van der Waals surface area contributed by atoms with E-state index in [0.29, 0.717) is 11.3 Å². The summed E-state index contributed by atoms with van der Waals surface area (Å²) in [5.74, 6) is -0.236. The van der Waals surface area contributed by atoms with E-state index in [1.165, 1.54) is 6.92 Å². The summed E-state index contributed by atoms with van der Waals surface area (Å²) in [4.78, 5) is 23.3. The molecule has 0 saturated heterocycles. The number of hydrogen-bond donors (Lipinski definition) is 0. The molecule has 5 heteroatoms. The van der Waals surface area contributed by atoms with Crippen LogP contribution in [-0.2, 0) is 9.22 Å². The van der Waals surface area contributed by atoms with Crippen molar-refractivity contribution in [2.75, 3.05) is 0 Å². The molecule has 0 amide bonds. The van der Waals surface area contributed by atoms with Gasteiger partial charge in [-0.05, 0) is 48.8 Å². The highest BCUT2D eigenvalue weighted by molar-refractivity contribution is 6.75. The molecule has 0 N–H and O–H groups in total. The molecule has 116 valence electrons. The van der Waals surface area contributed by atoms with Crippen LogP contribution in [0.2, 0.25) is 18.1 Å². The molecular formula is C16H24O4Si. The van der Waals surface area contributed by atoms with Crippen LogP contribution in [0.4, 0.5) is 0 Å². The Balaban J connectivity index is 2.95. The minimum absolute atomic E-state index is 0.0324. The van der Waals surface area contributed by atoms with Crippen LogP contribution in [0, 0.1) is 6.92 Å². The van der Waals surface area contributed by atoms with Crippen molar-refractivity contribution in [3.63, 3.8) is 0 Å². The first-order valence-electron chi connectivity index (χ1n) is 6.96. The first-order chi connectivity index (χ1) is 9.44. The molecule has 21 heavy (non-hydrogen) atoms. The summed E-state index contributed by atoms with van der Waals surface area (Å²) in [5, 5.41) is -0.0324. The Kier molecular flexibility index (Phi) is 4.99. The number of hydrogen-bond acceptors (Lipinski definition) is 4. The average molecular weight is 308 g/mol. The fourth-order valence-corrected chi connectivity index (χ4v) is 2.38. The summed E-state index contributed by atoms with van der Waals surface area (Å²) in [7, 11) is -2.14. The highest BCUT2D eigenvalue weighted by Gasteiger charge is 2.40. The van der Waals surface area contributed by atoms with Gasteiger partial charge in [-0.3, -0.25) is 4.79 Å². The molecule has 0 radical (unpaired) electrons. The number of esters is 1. The highest BCUT2D eigenvalue weighted by atomic mass is 28.4. The summed E-state index contributed by atoms with van der Waals surface area (Å²) in [6.07, 6.45) is 0. The van der Waals surface area contributed by atoms with Gasteiger partial charge >= 0.3 is 11.9 Å². The van der Waals surface area contributed by atoms with Gasteiger partial charge in [-0.2, -0.15) is 0 Å². The average Bonchev–Trinajstić information content (AvgIpc) is 2.29. The molecule has 0 aliphatic rings. The van der Waals surface area contributed by atoms with Crippen molar-refractivity contribution < 1.29 is 18.8 Å². The van der Waals surface area contributed by atoms with Crippen molar-refractivity contribution in [1.82, 2.24) is 0 Å². The quantitative estimate of drug-likeness (QED) is 0.479. The van der Waals surface area contributed by atoms with Crippen LogP contribution < -0.4 is 4.74 Å². The molecule has 0 saturated carbocycles. The molecule has 0 heterocycles. The third-order valence-corrected chi connectivity index (χ3v) is 8.13. The number of rotatable bonds is 3. The van der Waals surface area contributed by atoms with Crippen LogP contribution in [0.3, 0.4) is 0 Å². The lowest BCUT2D eigenvalue weighted by Crippen LogP contribution is -2.42. The third-order valence-electron chi connectivity index (χ3n) is 3.82. The zero-order valence-corrected chi connectivity index (χ0v) is 14.9. The SMILES string of the molecule is CC(=O)Oc1ccc(C(=O)O[Si](C)(C)C(C)(C)C)cc1C. The molecule has 0 aliphatic heterocycles. The zero-order valence-electron chi connectivity index (χ0n) is 13.9. The second-order valence-corrected chi connectivity index (χ2v) is 11.4. The lowest BCUT2D eigenvalue weighted by molar-refractivity contribution is -0.131.